The predicted molar refractivity (Wildman–Crippen MR) is 61.5 cm³/mol. The number of para-hydroxylation sites is 1. The number of benzene rings is 1. The molecule has 0 aliphatic carbocycles. The van der Waals surface area contributed by atoms with E-state index >= 15 is 0 Å². The van der Waals surface area contributed by atoms with Crippen LogP contribution in [0.5, 0.6) is 0 Å². The lowest BCUT2D eigenvalue weighted by atomic mass is 9.99. The molecule has 2 heteroatoms. The third-order valence-corrected chi connectivity index (χ3v) is 2.92. The molecule has 0 fully saturated rings. The maximum atomic E-state index is 4.43. The summed E-state index contributed by atoms with van der Waals surface area (Å²) in [5.41, 5.74) is 3.95. The molecule has 0 atom stereocenters. The SMILES string of the molecule is CN1c2ccccc2Cc2cccnc21. The third-order valence-electron chi connectivity index (χ3n) is 2.92. The van der Waals surface area contributed by atoms with E-state index in [0.717, 1.165) is 12.2 Å². The smallest absolute Gasteiger partial charge is 0.136 e. The van der Waals surface area contributed by atoms with Gasteiger partial charge >= 0.3 is 0 Å². The minimum Gasteiger partial charge on any atom is -0.329 e. The summed E-state index contributed by atoms with van der Waals surface area (Å²) in [5, 5.41) is 0. The Balaban J connectivity index is 2.20. The van der Waals surface area contributed by atoms with Crippen molar-refractivity contribution in [2.75, 3.05) is 11.9 Å². The van der Waals surface area contributed by atoms with Crippen LogP contribution in [0.15, 0.2) is 42.6 Å². The van der Waals surface area contributed by atoms with Crippen molar-refractivity contribution < 1.29 is 0 Å². The second kappa shape index (κ2) is 3.09. The molecule has 0 N–H and O–H groups in total. The number of hydrogen-bond donors (Lipinski definition) is 0. The predicted octanol–water partition coefficient (Wildman–Crippen LogP) is 2.75. The van der Waals surface area contributed by atoms with Crippen molar-refractivity contribution in [1.29, 1.82) is 0 Å². The quantitative estimate of drug-likeness (QED) is 0.644. The molecule has 1 aliphatic heterocycles. The molecule has 0 bridgehead atoms. The molecule has 0 radical (unpaired) electrons. The standard InChI is InChI=1S/C13H12N2/c1-15-12-7-3-2-5-10(12)9-11-6-4-8-14-13(11)15/h2-8H,9H2,1H3. The fraction of sp³-hybridized carbons (Fsp3) is 0.154. The second-order valence-corrected chi connectivity index (χ2v) is 3.85. The van der Waals surface area contributed by atoms with E-state index in [1.54, 1.807) is 0 Å². The number of anilines is 2. The van der Waals surface area contributed by atoms with Crippen LogP contribution < -0.4 is 4.90 Å². The van der Waals surface area contributed by atoms with E-state index in [2.05, 4.69) is 47.3 Å². The largest absolute Gasteiger partial charge is 0.329 e. The number of rotatable bonds is 0. The highest BCUT2D eigenvalue weighted by atomic mass is 15.2. The van der Waals surface area contributed by atoms with Gasteiger partial charge in [0.15, 0.2) is 0 Å². The Morgan fingerprint density at radius 2 is 1.87 bits per heavy atom. The van der Waals surface area contributed by atoms with Crippen molar-refractivity contribution in [3.8, 4) is 0 Å². The molecule has 1 aliphatic rings. The average molecular weight is 196 g/mol. The lowest BCUT2D eigenvalue weighted by Gasteiger charge is -2.28. The van der Waals surface area contributed by atoms with E-state index in [-0.39, 0.29) is 0 Å². The van der Waals surface area contributed by atoms with Gasteiger partial charge < -0.3 is 4.90 Å². The van der Waals surface area contributed by atoms with E-state index in [1.165, 1.54) is 16.8 Å². The van der Waals surface area contributed by atoms with Crippen LogP contribution in [-0.2, 0) is 6.42 Å². The van der Waals surface area contributed by atoms with Crippen LogP contribution in [0.25, 0.3) is 0 Å². The van der Waals surface area contributed by atoms with E-state index in [9.17, 15) is 0 Å². The Bertz CT molecular complexity index is 460. The summed E-state index contributed by atoms with van der Waals surface area (Å²) in [6.45, 7) is 0. The van der Waals surface area contributed by atoms with E-state index in [0.29, 0.717) is 0 Å². The zero-order valence-corrected chi connectivity index (χ0v) is 8.64. The number of aromatic nitrogens is 1. The molecular weight excluding hydrogens is 184 g/mol. The fourth-order valence-corrected chi connectivity index (χ4v) is 2.18. The summed E-state index contributed by atoms with van der Waals surface area (Å²) in [6.07, 6.45) is 2.84. The van der Waals surface area contributed by atoms with Crippen molar-refractivity contribution in [2.24, 2.45) is 0 Å². The molecule has 0 spiro atoms. The van der Waals surface area contributed by atoms with Crippen molar-refractivity contribution in [3.63, 3.8) is 0 Å². The lowest BCUT2D eigenvalue weighted by molar-refractivity contribution is 1.01. The molecule has 2 nitrogen and oxygen atoms in total. The number of fused-ring (bicyclic) bond motifs is 2. The Hall–Kier alpha value is -1.83. The monoisotopic (exact) mass is 196 g/mol. The average Bonchev–Trinajstić information content (AvgIpc) is 2.30. The first-order valence-corrected chi connectivity index (χ1v) is 5.12. The summed E-state index contributed by atoms with van der Waals surface area (Å²) < 4.78 is 0. The lowest BCUT2D eigenvalue weighted by Crippen LogP contribution is -2.19. The zero-order chi connectivity index (χ0) is 10.3. The highest BCUT2D eigenvalue weighted by Gasteiger charge is 2.19. The van der Waals surface area contributed by atoms with Gasteiger partial charge in [-0.2, -0.15) is 0 Å². The van der Waals surface area contributed by atoms with Gasteiger partial charge in [-0.25, -0.2) is 4.98 Å². The van der Waals surface area contributed by atoms with Gasteiger partial charge in [0.25, 0.3) is 0 Å². The maximum Gasteiger partial charge on any atom is 0.136 e. The highest BCUT2D eigenvalue weighted by molar-refractivity contribution is 5.70. The van der Waals surface area contributed by atoms with Crippen molar-refractivity contribution >= 4 is 11.5 Å². The van der Waals surface area contributed by atoms with Crippen molar-refractivity contribution in [3.05, 3.63) is 53.7 Å². The molecule has 2 heterocycles. The maximum absolute atomic E-state index is 4.43. The molecule has 15 heavy (non-hydrogen) atoms. The van der Waals surface area contributed by atoms with E-state index in [1.807, 2.05) is 12.3 Å². The topological polar surface area (TPSA) is 16.1 Å². The molecule has 0 amide bonds. The Labute approximate surface area is 89.2 Å². The van der Waals surface area contributed by atoms with Crippen LogP contribution in [0, 0.1) is 0 Å². The van der Waals surface area contributed by atoms with Crippen LogP contribution in [0.2, 0.25) is 0 Å². The van der Waals surface area contributed by atoms with Gasteiger partial charge in [-0.3, -0.25) is 0 Å². The zero-order valence-electron chi connectivity index (χ0n) is 8.64. The Morgan fingerprint density at radius 3 is 2.80 bits per heavy atom. The normalized spacial score (nSPS) is 13.3. The molecular formula is C13H12N2. The summed E-state index contributed by atoms with van der Waals surface area (Å²) in [5.74, 6) is 1.08. The first-order valence-electron chi connectivity index (χ1n) is 5.12. The molecule has 0 saturated carbocycles. The van der Waals surface area contributed by atoms with Crippen LogP contribution in [0.1, 0.15) is 11.1 Å². The van der Waals surface area contributed by atoms with Gasteiger partial charge in [-0.15, -0.1) is 0 Å². The van der Waals surface area contributed by atoms with Crippen LogP contribution >= 0.6 is 0 Å². The van der Waals surface area contributed by atoms with Gasteiger partial charge in [0.05, 0.1) is 0 Å². The number of pyridine rings is 1. The number of hydrogen-bond acceptors (Lipinski definition) is 2. The summed E-state index contributed by atoms with van der Waals surface area (Å²) >= 11 is 0. The Kier molecular flexibility index (Phi) is 1.75. The minimum atomic E-state index is 0.990. The fourth-order valence-electron chi connectivity index (χ4n) is 2.18. The third kappa shape index (κ3) is 1.22. The molecule has 3 rings (SSSR count). The van der Waals surface area contributed by atoms with Crippen LogP contribution in [0.4, 0.5) is 11.5 Å². The van der Waals surface area contributed by atoms with Gasteiger partial charge in [-0.1, -0.05) is 24.3 Å². The molecule has 2 aromatic rings. The van der Waals surface area contributed by atoms with Crippen LogP contribution in [-0.4, -0.2) is 12.0 Å². The first kappa shape index (κ1) is 8.48. The first-order chi connectivity index (χ1) is 7.36. The second-order valence-electron chi connectivity index (χ2n) is 3.85. The molecule has 74 valence electrons. The summed E-state index contributed by atoms with van der Waals surface area (Å²) in [6, 6.07) is 12.6. The van der Waals surface area contributed by atoms with Crippen LogP contribution in [0.3, 0.4) is 0 Å². The Morgan fingerprint density at radius 1 is 1.07 bits per heavy atom. The van der Waals surface area contributed by atoms with E-state index < -0.39 is 0 Å². The van der Waals surface area contributed by atoms with Gasteiger partial charge in [-0.05, 0) is 23.3 Å². The molecule has 1 aromatic heterocycles. The molecule has 0 saturated heterocycles. The molecule has 1 aromatic carbocycles. The summed E-state index contributed by atoms with van der Waals surface area (Å²) in [4.78, 5) is 6.59. The van der Waals surface area contributed by atoms with Gasteiger partial charge in [0, 0.05) is 25.4 Å². The highest BCUT2D eigenvalue weighted by Crippen LogP contribution is 2.35. The minimum absolute atomic E-state index is 0.990. The molecule has 0 unspecified atom stereocenters. The van der Waals surface area contributed by atoms with E-state index in [4.69, 9.17) is 0 Å². The summed E-state index contributed by atoms with van der Waals surface area (Å²) in [7, 11) is 2.07. The van der Waals surface area contributed by atoms with Crippen molar-refractivity contribution in [2.45, 2.75) is 6.42 Å². The van der Waals surface area contributed by atoms with Crippen molar-refractivity contribution in [1.82, 2.24) is 4.98 Å². The van der Waals surface area contributed by atoms with Gasteiger partial charge in [0.1, 0.15) is 5.82 Å². The van der Waals surface area contributed by atoms with Gasteiger partial charge in [0.2, 0.25) is 0 Å². The number of nitrogens with zero attached hydrogens (tertiary/aromatic N) is 2.